The molecule has 0 aromatic rings. The number of aliphatic hydroxyl groups is 2. The normalized spacial score (nSPS) is 18.4. The van der Waals surface area contributed by atoms with Gasteiger partial charge in [0.1, 0.15) is 58.7 Å². The van der Waals surface area contributed by atoms with Gasteiger partial charge in [-0.15, -0.1) is 5.06 Å². The van der Waals surface area contributed by atoms with Crippen LogP contribution in [0.3, 0.4) is 0 Å². The molecule has 0 aromatic carbocycles. The molecule has 1 saturated heterocycles. The molecule has 1 aliphatic rings. The summed E-state index contributed by atoms with van der Waals surface area (Å²) in [6.45, 7) is 30.4. The van der Waals surface area contributed by atoms with Crippen LogP contribution in [0.1, 0.15) is 182 Å². The van der Waals surface area contributed by atoms with Crippen molar-refractivity contribution in [2.75, 3.05) is 33.7 Å². The van der Waals surface area contributed by atoms with Gasteiger partial charge in [0.05, 0.1) is 25.2 Å². The highest BCUT2D eigenvalue weighted by Crippen LogP contribution is 2.25. The van der Waals surface area contributed by atoms with Crippen molar-refractivity contribution >= 4 is 64.9 Å². The summed E-state index contributed by atoms with van der Waals surface area (Å²) in [4.78, 5) is 154. The molecule has 0 spiro atoms. The van der Waals surface area contributed by atoms with Crippen molar-refractivity contribution in [2.24, 2.45) is 35.5 Å². The number of nitrogens with zero attached hydrogens (tertiary/aromatic N) is 2. The van der Waals surface area contributed by atoms with Gasteiger partial charge in [-0.05, 0) is 136 Å². The van der Waals surface area contributed by atoms with E-state index >= 15 is 0 Å². The number of nitrogens with one attached hydrogen (secondary N) is 9. The number of likely N-dealkylation sites (tertiary alicyclic amines) is 1. The summed E-state index contributed by atoms with van der Waals surface area (Å²) < 4.78 is 0. The average molecular weight is 1240 g/mol. The number of hydrogen-bond acceptors (Lipinski definition) is 15. The summed E-state index contributed by atoms with van der Waals surface area (Å²) >= 11 is 0. The number of hydrogen-bond donors (Lipinski definition) is 12. The molecule has 1 unspecified atom stereocenters. The minimum Gasteiger partial charge on any atom is -0.393 e. The van der Waals surface area contributed by atoms with Gasteiger partial charge in [0.2, 0.25) is 53.2 Å². The third-order valence-electron chi connectivity index (χ3n) is 15.4. The van der Waals surface area contributed by atoms with Crippen LogP contribution in [0.15, 0.2) is 12.2 Å². The van der Waals surface area contributed by atoms with E-state index in [1.807, 2.05) is 53.6 Å². The Balaban J connectivity index is 3.44. The van der Waals surface area contributed by atoms with E-state index in [1.165, 1.54) is 52.5 Å². The molecule has 0 aliphatic carbocycles. The van der Waals surface area contributed by atoms with Gasteiger partial charge in [0.15, 0.2) is 0 Å². The van der Waals surface area contributed by atoms with E-state index in [2.05, 4.69) is 42.5 Å². The molecule has 0 aromatic heterocycles. The van der Waals surface area contributed by atoms with Crippen LogP contribution in [0.25, 0.3) is 0 Å². The first-order chi connectivity index (χ1) is 40.0. The lowest BCUT2D eigenvalue weighted by Crippen LogP contribution is -3.16. The third kappa shape index (κ3) is 27.2. The lowest BCUT2D eigenvalue weighted by atomic mass is 9.92. The molecular formula is C62H112N11O14+. The van der Waals surface area contributed by atoms with E-state index in [-0.39, 0.29) is 91.9 Å². The van der Waals surface area contributed by atoms with Gasteiger partial charge in [-0.25, -0.2) is 10.0 Å². The van der Waals surface area contributed by atoms with Gasteiger partial charge in [0.25, 0.3) is 0 Å². The van der Waals surface area contributed by atoms with E-state index < -0.39 is 130 Å². The second-order valence-corrected chi connectivity index (χ2v) is 27.3. The molecule has 1 aliphatic heterocycles. The highest BCUT2D eigenvalue weighted by molar-refractivity contribution is 6.00. The maximum atomic E-state index is 14.6. The molecule has 12 N–H and O–H groups in total. The van der Waals surface area contributed by atoms with Gasteiger partial charge in [-0.2, -0.15) is 0 Å². The quantitative estimate of drug-likeness (QED) is 0.0234. The number of carbonyl (C=O) groups excluding carboxylic acids is 11. The smallest absolute Gasteiger partial charge is 0.345 e. The molecule has 1 rings (SSSR count). The number of ketones is 1. The van der Waals surface area contributed by atoms with Gasteiger partial charge in [-0.3, -0.25) is 47.9 Å². The Bertz CT molecular complexity index is 2380. The minimum absolute atomic E-state index is 0.0530. The Morgan fingerprint density at radius 2 is 1.17 bits per heavy atom. The molecule has 25 nitrogen and oxygen atoms in total. The van der Waals surface area contributed by atoms with E-state index in [9.17, 15) is 68.2 Å². The summed E-state index contributed by atoms with van der Waals surface area (Å²) in [5.41, 5.74) is -5.02. The Kier molecular flexibility index (Phi) is 32.7. The first-order valence-corrected chi connectivity index (χ1v) is 31.1. The predicted molar refractivity (Wildman–Crippen MR) is 330 cm³/mol. The zero-order valence-corrected chi connectivity index (χ0v) is 55.9. The van der Waals surface area contributed by atoms with Crippen molar-refractivity contribution in [1.82, 2.24) is 52.3 Å². The van der Waals surface area contributed by atoms with Crippen molar-refractivity contribution in [3.05, 3.63) is 12.2 Å². The first kappa shape index (κ1) is 79.1. The summed E-state index contributed by atoms with van der Waals surface area (Å²) in [5, 5.41) is 53.8. The molecule has 1 heterocycles. The predicted octanol–water partition coefficient (Wildman–Crippen LogP) is 0.962. The number of Topliss-reactive ketones (excluding diaryl/α,β-unsaturated/α-hetero) is 1. The molecule has 1 fully saturated rings. The van der Waals surface area contributed by atoms with Crippen molar-refractivity contribution in [3.8, 4) is 0 Å². The molecule has 25 heteroatoms. The molecule has 10 amide bonds. The monoisotopic (exact) mass is 1230 g/mol. The van der Waals surface area contributed by atoms with Crippen molar-refractivity contribution in [2.45, 2.75) is 247 Å². The van der Waals surface area contributed by atoms with Crippen LogP contribution in [-0.4, -0.2) is 189 Å². The van der Waals surface area contributed by atoms with Crippen LogP contribution in [0.5, 0.6) is 0 Å². The molecule has 87 heavy (non-hydrogen) atoms. The van der Waals surface area contributed by atoms with Gasteiger partial charge >= 0.3 is 5.91 Å². The topological polar surface area (TPSA) is 356 Å². The van der Waals surface area contributed by atoms with Crippen LogP contribution in [0, 0.1) is 35.5 Å². The number of likely N-dealkylation sites (N-methyl/N-ethyl adjacent to an activating group) is 1. The van der Waals surface area contributed by atoms with E-state index in [0.717, 1.165) is 6.42 Å². The highest BCUT2D eigenvalue weighted by atomic mass is 16.5. The van der Waals surface area contributed by atoms with Gasteiger partial charge < -0.3 is 62.5 Å². The standard InChI is InChI=1S/C62H111N11O14/c1-21-38(9)23-24-48(76)72-33-40(11)31-47(72)55(82)65-46(30-39(10)29-43(75)32-42(74)22-2)53(80)67-50(51(78)37(7)8)56(83)69-61(15,16)58(85)66-44(27-35(3)4)52(79)64-45(28-36(5)6)54(81)68-62(17,18)59(86)70-60(13,14)57(84)63-26-25-49(77)73(87)41(12)34-71(19)20/h23-24,35-41,43-47,50-51,75,78,87H,21-22,25-34H2,1-20H3,(H,63,84)(H,64,79)(H,65,82)(H,66,85)(H,67,80)(H,68,81)(H,69,83)(H,70,86)/p+1/b24-23+/t38-,39-,40-,41-,43+,44+,45+,46+,47+,50+,51-/m1/s1. The van der Waals surface area contributed by atoms with Crippen LogP contribution in [0.4, 0.5) is 0 Å². The highest BCUT2D eigenvalue weighted by Gasteiger charge is 2.43. The molecule has 0 bridgehead atoms. The number of amides is 10. The van der Waals surface area contributed by atoms with E-state index in [1.54, 1.807) is 54.5 Å². The third-order valence-corrected chi connectivity index (χ3v) is 15.4. The van der Waals surface area contributed by atoms with E-state index in [4.69, 9.17) is 0 Å². The summed E-state index contributed by atoms with van der Waals surface area (Å²) in [5.74, 6) is -8.73. The zero-order chi connectivity index (χ0) is 67.2. The Morgan fingerprint density at radius 3 is 1.70 bits per heavy atom. The zero-order valence-electron chi connectivity index (χ0n) is 55.9. The SMILES string of the molecule is CCC(=O)C[C@@H](O)C[C@@H](C)C[C@H](NC(=O)[C@@H]1C[C@@H](C)CN1C(=O)/C=C/[C@H](C)CC)C(=O)N[C@H](C(=O)NC(C)(C)C(=O)N[C@@H](CC(C)C)C(=O)N[C@@H](CC(C)C)C(=O)NC(C)(C)C(=O)NC(C)(C)C(=O)NCCC(=O)[NH+](O)[C@H](C)CN(C)C)[C@H](O)C(C)C. The summed E-state index contributed by atoms with van der Waals surface area (Å²) in [6.07, 6.45) is 1.81. The largest absolute Gasteiger partial charge is 0.393 e. The number of allylic oxidation sites excluding steroid dienone is 1. The fourth-order valence-electron chi connectivity index (χ4n) is 9.87. The summed E-state index contributed by atoms with van der Waals surface area (Å²) in [6, 6.07) is -6.97. The molecule has 498 valence electrons. The number of hydroxylamine groups is 2. The average Bonchev–Trinajstić information content (AvgIpc) is 2.22. The number of quaternary nitrogens is 1. The van der Waals surface area contributed by atoms with Crippen LogP contribution in [0.2, 0.25) is 0 Å². The van der Waals surface area contributed by atoms with Crippen molar-refractivity contribution < 1.29 is 73.2 Å². The fraction of sp³-hybridized carbons (Fsp3) is 0.790. The summed E-state index contributed by atoms with van der Waals surface area (Å²) in [7, 11) is 3.62. The maximum absolute atomic E-state index is 14.6. The van der Waals surface area contributed by atoms with Crippen molar-refractivity contribution in [3.63, 3.8) is 0 Å². The molecule has 12 atom stereocenters. The van der Waals surface area contributed by atoms with Crippen molar-refractivity contribution in [1.29, 1.82) is 0 Å². The number of aliphatic hydroxyl groups excluding tert-OH is 2. The van der Waals surface area contributed by atoms with Crippen LogP contribution in [-0.2, 0) is 52.7 Å². The molecule has 0 saturated carbocycles. The molecule has 0 radical (unpaired) electrons. The first-order valence-electron chi connectivity index (χ1n) is 31.1. The van der Waals surface area contributed by atoms with Gasteiger partial charge in [-0.1, -0.05) is 88.7 Å². The van der Waals surface area contributed by atoms with E-state index in [0.29, 0.717) is 19.5 Å². The number of carbonyl (C=O) groups is 11. The fourth-order valence-corrected chi connectivity index (χ4v) is 9.87. The lowest BCUT2D eigenvalue weighted by molar-refractivity contribution is -1.04. The van der Waals surface area contributed by atoms with Crippen LogP contribution < -0.4 is 47.6 Å². The maximum Gasteiger partial charge on any atom is 0.345 e. The minimum atomic E-state index is -1.83. The Hall–Kier alpha value is -5.89. The van der Waals surface area contributed by atoms with Crippen LogP contribution >= 0.6 is 0 Å². The lowest BCUT2D eigenvalue weighted by Gasteiger charge is -2.34. The number of rotatable bonds is 37. The second-order valence-electron chi connectivity index (χ2n) is 27.3. The second kappa shape index (κ2) is 35.9. The Labute approximate surface area is 517 Å². The van der Waals surface area contributed by atoms with Gasteiger partial charge in [0, 0.05) is 25.9 Å². The molecular weight excluding hydrogens is 1120 g/mol. The Morgan fingerprint density at radius 1 is 0.655 bits per heavy atom.